The van der Waals surface area contributed by atoms with Gasteiger partial charge in [0.25, 0.3) is 5.92 Å². The minimum absolute atomic E-state index is 0.115. The molecular formula is C11H14F2. The fourth-order valence-electron chi connectivity index (χ4n) is 1.20. The average molecular weight is 184 g/mol. The van der Waals surface area contributed by atoms with E-state index in [2.05, 4.69) is 0 Å². The van der Waals surface area contributed by atoms with Crippen LogP contribution in [0.2, 0.25) is 0 Å². The zero-order chi connectivity index (χ0) is 9.90. The molecule has 72 valence electrons. The second-order valence-corrected chi connectivity index (χ2v) is 3.43. The van der Waals surface area contributed by atoms with Crippen LogP contribution in [0.15, 0.2) is 36.0 Å². The van der Waals surface area contributed by atoms with Crippen molar-refractivity contribution in [2.75, 3.05) is 0 Å². The van der Waals surface area contributed by atoms with Gasteiger partial charge in [-0.3, -0.25) is 0 Å². The molecule has 1 unspecified atom stereocenters. The zero-order valence-electron chi connectivity index (χ0n) is 7.93. The van der Waals surface area contributed by atoms with Crippen molar-refractivity contribution in [3.63, 3.8) is 0 Å². The minimum atomic E-state index is -2.72. The number of rotatable bonds is 1. The maximum atomic E-state index is 12.9. The maximum absolute atomic E-state index is 12.9. The Morgan fingerprint density at radius 2 is 2.08 bits per heavy atom. The van der Waals surface area contributed by atoms with E-state index in [9.17, 15) is 8.78 Å². The molecule has 0 fully saturated rings. The van der Waals surface area contributed by atoms with Gasteiger partial charge in [0.05, 0.1) is 0 Å². The van der Waals surface area contributed by atoms with Crippen LogP contribution in [0.25, 0.3) is 0 Å². The van der Waals surface area contributed by atoms with Crippen LogP contribution in [0.4, 0.5) is 8.78 Å². The first-order valence-electron chi connectivity index (χ1n) is 4.43. The number of hydrogen-bond acceptors (Lipinski definition) is 0. The second kappa shape index (κ2) is 3.86. The zero-order valence-corrected chi connectivity index (χ0v) is 7.93. The Morgan fingerprint density at radius 1 is 1.38 bits per heavy atom. The normalized spacial score (nSPS) is 23.7. The molecule has 0 nitrogen and oxygen atoms in total. The van der Waals surface area contributed by atoms with Crippen LogP contribution in [0.5, 0.6) is 0 Å². The lowest BCUT2D eigenvalue weighted by Gasteiger charge is -2.13. The molecule has 1 rings (SSSR count). The van der Waals surface area contributed by atoms with Crippen LogP contribution < -0.4 is 0 Å². The van der Waals surface area contributed by atoms with Gasteiger partial charge < -0.3 is 0 Å². The van der Waals surface area contributed by atoms with E-state index in [0.717, 1.165) is 6.92 Å². The van der Waals surface area contributed by atoms with Crippen molar-refractivity contribution >= 4 is 0 Å². The first-order valence-corrected chi connectivity index (χ1v) is 4.43. The fourth-order valence-corrected chi connectivity index (χ4v) is 1.20. The fraction of sp³-hybridized carbons (Fsp3) is 0.455. The number of hydrogen-bond donors (Lipinski definition) is 0. The summed E-state index contributed by atoms with van der Waals surface area (Å²) < 4.78 is 25.8. The van der Waals surface area contributed by atoms with E-state index >= 15 is 0 Å². The molecule has 1 aliphatic rings. The van der Waals surface area contributed by atoms with Crippen LogP contribution in [-0.2, 0) is 0 Å². The summed E-state index contributed by atoms with van der Waals surface area (Å²) in [6.45, 7) is 2.91. The SMILES string of the molecule is CC1C=CCC=C(C(C)(F)F)C=C1. The third kappa shape index (κ3) is 3.13. The predicted octanol–water partition coefficient (Wildman–Crippen LogP) is 3.72. The molecule has 0 radical (unpaired) electrons. The molecular weight excluding hydrogens is 170 g/mol. The van der Waals surface area contributed by atoms with Crippen molar-refractivity contribution in [3.8, 4) is 0 Å². The summed E-state index contributed by atoms with van der Waals surface area (Å²) in [4.78, 5) is 0. The highest BCUT2D eigenvalue weighted by Gasteiger charge is 2.25. The molecule has 1 aliphatic carbocycles. The first-order chi connectivity index (χ1) is 6.00. The summed E-state index contributed by atoms with van der Waals surface area (Å²) >= 11 is 0. The lowest BCUT2D eigenvalue weighted by molar-refractivity contribution is 0.0671. The molecule has 0 aromatic carbocycles. The van der Waals surface area contributed by atoms with Crippen LogP contribution in [0.1, 0.15) is 20.3 Å². The predicted molar refractivity (Wildman–Crippen MR) is 50.8 cm³/mol. The van der Waals surface area contributed by atoms with Crippen LogP contribution >= 0.6 is 0 Å². The molecule has 0 heterocycles. The van der Waals surface area contributed by atoms with Crippen LogP contribution in [0.3, 0.4) is 0 Å². The van der Waals surface area contributed by atoms with Crippen molar-refractivity contribution in [2.24, 2.45) is 5.92 Å². The van der Waals surface area contributed by atoms with Gasteiger partial charge >= 0.3 is 0 Å². The Bertz CT molecular complexity index is 254. The van der Waals surface area contributed by atoms with Gasteiger partial charge in [0.15, 0.2) is 0 Å². The summed E-state index contributed by atoms with van der Waals surface area (Å²) in [6, 6.07) is 0. The lowest BCUT2D eigenvalue weighted by Crippen LogP contribution is -2.12. The van der Waals surface area contributed by atoms with E-state index in [-0.39, 0.29) is 11.5 Å². The third-order valence-corrected chi connectivity index (χ3v) is 2.00. The Hall–Kier alpha value is -0.920. The highest BCUT2D eigenvalue weighted by molar-refractivity contribution is 5.28. The Kier molecular flexibility index (Phi) is 3.02. The maximum Gasteiger partial charge on any atom is 0.270 e. The van der Waals surface area contributed by atoms with Crippen molar-refractivity contribution in [2.45, 2.75) is 26.2 Å². The van der Waals surface area contributed by atoms with E-state index in [1.807, 2.05) is 19.1 Å². The molecule has 2 heteroatoms. The van der Waals surface area contributed by atoms with Gasteiger partial charge in [-0.2, -0.15) is 0 Å². The summed E-state index contributed by atoms with van der Waals surface area (Å²) in [5, 5.41) is 0. The van der Waals surface area contributed by atoms with Gasteiger partial charge in [0.1, 0.15) is 0 Å². The summed E-state index contributed by atoms with van der Waals surface area (Å²) in [5.74, 6) is -2.48. The molecule has 0 bridgehead atoms. The smallest absolute Gasteiger partial charge is 0.202 e. The summed E-state index contributed by atoms with van der Waals surface area (Å²) in [6.07, 6.45) is 9.40. The number of alkyl halides is 2. The summed E-state index contributed by atoms with van der Waals surface area (Å²) in [5.41, 5.74) is 0.115. The van der Waals surface area contributed by atoms with E-state index in [4.69, 9.17) is 0 Å². The van der Waals surface area contributed by atoms with Crippen molar-refractivity contribution in [3.05, 3.63) is 36.0 Å². The molecule has 0 saturated carbocycles. The van der Waals surface area contributed by atoms with Gasteiger partial charge in [-0.25, -0.2) is 8.78 Å². The molecule has 13 heavy (non-hydrogen) atoms. The van der Waals surface area contributed by atoms with Gasteiger partial charge in [-0.05, 0) is 12.3 Å². The molecule has 0 N–H and O–H groups in total. The lowest BCUT2D eigenvalue weighted by atomic mass is 10.0. The monoisotopic (exact) mass is 184 g/mol. The third-order valence-electron chi connectivity index (χ3n) is 2.00. The topological polar surface area (TPSA) is 0 Å². The van der Waals surface area contributed by atoms with Crippen molar-refractivity contribution < 1.29 is 8.78 Å². The van der Waals surface area contributed by atoms with E-state index in [1.54, 1.807) is 12.2 Å². The molecule has 0 saturated heterocycles. The first kappa shape index (κ1) is 10.2. The van der Waals surface area contributed by atoms with E-state index < -0.39 is 5.92 Å². The van der Waals surface area contributed by atoms with Gasteiger partial charge in [0, 0.05) is 12.5 Å². The molecule has 1 atom stereocenters. The largest absolute Gasteiger partial charge is 0.270 e. The Balaban J connectivity index is 2.87. The highest BCUT2D eigenvalue weighted by atomic mass is 19.3. The van der Waals surface area contributed by atoms with Gasteiger partial charge in [-0.15, -0.1) is 0 Å². The molecule has 0 aliphatic heterocycles. The van der Waals surface area contributed by atoms with Crippen molar-refractivity contribution in [1.29, 1.82) is 0 Å². The Morgan fingerprint density at radius 3 is 2.69 bits per heavy atom. The summed E-state index contributed by atoms with van der Waals surface area (Å²) in [7, 11) is 0. The Labute approximate surface area is 77.6 Å². The average Bonchev–Trinajstić information content (AvgIpc) is 1.94. The highest BCUT2D eigenvalue weighted by Crippen LogP contribution is 2.26. The van der Waals surface area contributed by atoms with Gasteiger partial charge in [-0.1, -0.05) is 37.3 Å². The molecule has 0 aromatic heterocycles. The number of halogens is 2. The quantitative estimate of drug-likeness (QED) is 0.545. The van der Waals surface area contributed by atoms with Crippen LogP contribution in [0, 0.1) is 5.92 Å². The van der Waals surface area contributed by atoms with E-state index in [1.165, 1.54) is 6.08 Å². The molecule has 0 amide bonds. The standard InChI is InChI=1S/C11H14F2/c1-9-5-3-4-6-10(8-7-9)11(2,12)13/h3,5-9H,4H2,1-2H3. The second-order valence-electron chi connectivity index (χ2n) is 3.43. The van der Waals surface area contributed by atoms with Crippen molar-refractivity contribution in [1.82, 2.24) is 0 Å². The van der Waals surface area contributed by atoms with E-state index in [0.29, 0.717) is 6.42 Å². The van der Waals surface area contributed by atoms with Crippen LogP contribution in [-0.4, -0.2) is 5.92 Å². The molecule has 0 aromatic rings. The van der Waals surface area contributed by atoms with Gasteiger partial charge in [0.2, 0.25) is 0 Å². The molecule has 0 spiro atoms. The number of allylic oxidation sites excluding steroid dienone is 6. The minimum Gasteiger partial charge on any atom is -0.202 e.